The van der Waals surface area contributed by atoms with Crippen molar-refractivity contribution in [2.45, 2.75) is 25.9 Å². The van der Waals surface area contributed by atoms with E-state index in [1.807, 2.05) is 0 Å². The Morgan fingerprint density at radius 2 is 2.33 bits per heavy atom. The van der Waals surface area contributed by atoms with Crippen molar-refractivity contribution in [3.8, 4) is 0 Å². The number of piperazine rings is 1. The summed E-state index contributed by atoms with van der Waals surface area (Å²) in [7, 11) is 2.15. The highest BCUT2D eigenvalue weighted by atomic mass is 16.4. The molecule has 0 bridgehead atoms. The molecule has 5 heteroatoms. The van der Waals surface area contributed by atoms with Gasteiger partial charge in [-0.05, 0) is 19.5 Å². The summed E-state index contributed by atoms with van der Waals surface area (Å²) in [5, 5.41) is 8.84. The van der Waals surface area contributed by atoms with Gasteiger partial charge >= 0.3 is 5.97 Å². The van der Waals surface area contributed by atoms with Gasteiger partial charge in [0.05, 0.1) is 12.1 Å². The molecule has 2 heterocycles. The van der Waals surface area contributed by atoms with Gasteiger partial charge in [-0.15, -0.1) is 0 Å². The van der Waals surface area contributed by atoms with Crippen molar-refractivity contribution in [1.82, 2.24) is 9.80 Å². The molecule has 1 fully saturated rings. The minimum atomic E-state index is -0.935. The molecule has 1 unspecified atom stereocenters. The van der Waals surface area contributed by atoms with E-state index in [9.17, 15) is 4.79 Å². The summed E-state index contributed by atoms with van der Waals surface area (Å²) in [4.78, 5) is 15.5. The van der Waals surface area contributed by atoms with Gasteiger partial charge in [-0.2, -0.15) is 0 Å². The number of likely N-dealkylation sites (N-methyl/N-ethyl adjacent to an activating group) is 1. The molecule has 100 valence electrons. The van der Waals surface area contributed by atoms with Crippen molar-refractivity contribution in [2.75, 3.05) is 26.7 Å². The lowest BCUT2D eigenvalue weighted by Crippen LogP contribution is -2.50. The molecular weight excluding hydrogens is 232 g/mol. The minimum absolute atomic E-state index is 0.228. The number of nitrogens with zero attached hydrogens (tertiary/aromatic N) is 2. The lowest BCUT2D eigenvalue weighted by atomic mass is 10.1. The van der Waals surface area contributed by atoms with E-state index >= 15 is 0 Å². The number of hydrogen-bond donors (Lipinski definition) is 1. The molecule has 1 aromatic heterocycles. The topological polar surface area (TPSA) is 56.9 Å². The van der Waals surface area contributed by atoms with Gasteiger partial charge in [-0.1, -0.05) is 6.92 Å². The second-order valence-corrected chi connectivity index (χ2v) is 4.88. The lowest BCUT2D eigenvalue weighted by Gasteiger charge is -2.38. The zero-order valence-electron chi connectivity index (χ0n) is 10.9. The Bertz CT molecular complexity index is 416. The molecule has 0 aromatic carbocycles. The Hall–Kier alpha value is -1.33. The van der Waals surface area contributed by atoms with Crippen molar-refractivity contribution in [2.24, 2.45) is 0 Å². The van der Waals surface area contributed by atoms with Crippen molar-refractivity contribution < 1.29 is 14.3 Å². The summed E-state index contributed by atoms with van der Waals surface area (Å²) in [5.74, 6) is -0.207. The first kappa shape index (κ1) is 13.1. The molecule has 0 aliphatic carbocycles. The summed E-state index contributed by atoms with van der Waals surface area (Å²) >= 11 is 0. The molecule has 1 N–H and O–H groups in total. The number of rotatable bonds is 4. The molecule has 1 aromatic rings. The second-order valence-electron chi connectivity index (χ2n) is 4.88. The maximum Gasteiger partial charge on any atom is 0.338 e. The molecule has 2 rings (SSSR count). The van der Waals surface area contributed by atoms with Crippen LogP contribution in [0, 0.1) is 0 Å². The molecule has 1 aliphatic rings. The highest BCUT2D eigenvalue weighted by Crippen LogP contribution is 2.15. The smallest absolute Gasteiger partial charge is 0.338 e. The van der Waals surface area contributed by atoms with E-state index in [1.54, 1.807) is 6.07 Å². The van der Waals surface area contributed by atoms with Gasteiger partial charge in [0.2, 0.25) is 0 Å². The Morgan fingerprint density at radius 3 is 2.94 bits per heavy atom. The highest BCUT2D eigenvalue weighted by molar-refractivity contribution is 5.87. The molecule has 18 heavy (non-hydrogen) atoms. The van der Waals surface area contributed by atoms with Gasteiger partial charge in [0.25, 0.3) is 0 Å². The first-order valence-electron chi connectivity index (χ1n) is 6.33. The summed E-state index contributed by atoms with van der Waals surface area (Å²) in [6.45, 7) is 5.94. The Morgan fingerprint density at radius 1 is 1.56 bits per heavy atom. The third-order valence-corrected chi connectivity index (χ3v) is 3.61. The van der Waals surface area contributed by atoms with Crippen LogP contribution >= 0.6 is 0 Å². The first-order chi connectivity index (χ1) is 8.60. The fourth-order valence-corrected chi connectivity index (χ4v) is 2.39. The van der Waals surface area contributed by atoms with E-state index in [1.165, 1.54) is 6.26 Å². The van der Waals surface area contributed by atoms with E-state index in [2.05, 4.69) is 23.8 Å². The number of carbonyl (C=O) groups is 1. The van der Waals surface area contributed by atoms with Crippen LogP contribution in [0.25, 0.3) is 0 Å². The van der Waals surface area contributed by atoms with Crippen LogP contribution in [0.1, 0.15) is 29.5 Å². The third kappa shape index (κ3) is 2.91. The van der Waals surface area contributed by atoms with E-state index in [0.29, 0.717) is 12.6 Å². The quantitative estimate of drug-likeness (QED) is 0.880. The van der Waals surface area contributed by atoms with Crippen molar-refractivity contribution in [1.29, 1.82) is 0 Å². The van der Waals surface area contributed by atoms with Crippen molar-refractivity contribution in [3.63, 3.8) is 0 Å². The SMILES string of the molecule is CCC1CN(Cc2cc(C(=O)O)co2)CCN1C. The number of aromatic carboxylic acids is 1. The summed E-state index contributed by atoms with van der Waals surface area (Å²) in [6, 6.07) is 2.19. The number of carboxylic acid groups (broad SMARTS) is 1. The van der Waals surface area contributed by atoms with Gasteiger partial charge in [-0.3, -0.25) is 4.90 Å². The van der Waals surface area contributed by atoms with Crippen LogP contribution in [0.3, 0.4) is 0 Å². The van der Waals surface area contributed by atoms with Crippen LogP contribution < -0.4 is 0 Å². The van der Waals surface area contributed by atoms with Gasteiger partial charge in [-0.25, -0.2) is 4.79 Å². The summed E-state index contributed by atoms with van der Waals surface area (Å²) in [6.07, 6.45) is 2.44. The van der Waals surface area contributed by atoms with E-state index in [4.69, 9.17) is 9.52 Å². The normalized spacial score (nSPS) is 22.2. The van der Waals surface area contributed by atoms with Gasteiger partial charge < -0.3 is 14.4 Å². The van der Waals surface area contributed by atoms with Gasteiger partial charge in [0, 0.05) is 25.7 Å². The first-order valence-corrected chi connectivity index (χ1v) is 6.33. The van der Waals surface area contributed by atoms with Gasteiger partial charge in [0.15, 0.2) is 0 Å². The maximum absolute atomic E-state index is 10.8. The largest absolute Gasteiger partial charge is 0.478 e. The van der Waals surface area contributed by atoms with Crippen molar-refractivity contribution >= 4 is 5.97 Å². The molecule has 1 atom stereocenters. The van der Waals surface area contributed by atoms with Crippen LogP contribution in [0.4, 0.5) is 0 Å². The number of carboxylic acids is 1. The fourth-order valence-electron chi connectivity index (χ4n) is 2.39. The molecule has 0 radical (unpaired) electrons. The number of furan rings is 1. The van der Waals surface area contributed by atoms with Crippen LogP contribution in [0.5, 0.6) is 0 Å². The molecule has 0 saturated carbocycles. The molecule has 0 spiro atoms. The zero-order chi connectivity index (χ0) is 13.1. The molecule has 5 nitrogen and oxygen atoms in total. The van der Waals surface area contributed by atoms with E-state index in [-0.39, 0.29) is 5.56 Å². The Balaban J connectivity index is 1.94. The average molecular weight is 252 g/mol. The van der Waals surface area contributed by atoms with Crippen LogP contribution in [0.15, 0.2) is 16.7 Å². The number of hydrogen-bond acceptors (Lipinski definition) is 4. The fraction of sp³-hybridized carbons (Fsp3) is 0.615. The average Bonchev–Trinajstić information content (AvgIpc) is 2.80. The standard InChI is InChI=1S/C13H20N2O3/c1-3-11-7-15(5-4-14(11)2)8-12-6-10(9-18-12)13(16)17/h6,9,11H,3-5,7-8H2,1-2H3,(H,16,17). The predicted molar refractivity (Wildman–Crippen MR) is 67.7 cm³/mol. The second kappa shape index (κ2) is 5.54. The third-order valence-electron chi connectivity index (χ3n) is 3.61. The minimum Gasteiger partial charge on any atom is -0.478 e. The summed E-state index contributed by atoms with van der Waals surface area (Å²) in [5.41, 5.74) is 0.228. The zero-order valence-corrected chi connectivity index (χ0v) is 10.9. The molecule has 1 saturated heterocycles. The monoisotopic (exact) mass is 252 g/mol. The highest BCUT2D eigenvalue weighted by Gasteiger charge is 2.23. The maximum atomic E-state index is 10.8. The van der Waals surface area contributed by atoms with Crippen LogP contribution in [-0.2, 0) is 6.54 Å². The van der Waals surface area contributed by atoms with Crippen LogP contribution in [0.2, 0.25) is 0 Å². The molecule has 1 aliphatic heterocycles. The molecule has 0 amide bonds. The lowest BCUT2D eigenvalue weighted by molar-refractivity contribution is 0.0696. The summed E-state index contributed by atoms with van der Waals surface area (Å²) < 4.78 is 5.29. The van der Waals surface area contributed by atoms with Gasteiger partial charge in [0.1, 0.15) is 12.0 Å². The van der Waals surface area contributed by atoms with E-state index in [0.717, 1.165) is 31.8 Å². The predicted octanol–water partition coefficient (Wildman–Crippen LogP) is 1.50. The Kier molecular flexibility index (Phi) is 4.04. The van der Waals surface area contributed by atoms with Crippen LogP contribution in [-0.4, -0.2) is 53.6 Å². The van der Waals surface area contributed by atoms with Crippen molar-refractivity contribution in [3.05, 3.63) is 23.7 Å². The molecular formula is C13H20N2O3. The Labute approximate surface area is 107 Å². The van der Waals surface area contributed by atoms with E-state index < -0.39 is 5.97 Å².